The first-order valence-electron chi connectivity index (χ1n) is 10.3. The lowest BCUT2D eigenvalue weighted by Gasteiger charge is -2.23. The van der Waals surface area contributed by atoms with Crippen molar-refractivity contribution in [1.29, 1.82) is 0 Å². The number of aromatic nitrogens is 2. The van der Waals surface area contributed by atoms with Gasteiger partial charge in [0.25, 0.3) is 5.56 Å². The van der Waals surface area contributed by atoms with Crippen molar-refractivity contribution in [3.63, 3.8) is 0 Å². The molecule has 1 amide bonds. The number of hydrogen-bond acceptors (Lipinski definition) is 3. The van der Waals surface area contributed by atoms with Gasteiger partial charge in [-0.15, -0.1) is 0 Å². The number of nitrogens with zero attached hydrogens (tertiary/aromatic N) is 3. The number of halogens is 1. The van der Waals surface area contributed by atoms with Crippen LogP contribution in [0.2, 0.25) is 5.02 Å². The van der Waals surface area contributed by atoms with Gasteiger partial charge in [0.2, 0.25) is 5.91 Å². The van der Waals surface area contributed by atoms with Crippen LogP contribution in [0, 0.1) is 0 Å². The van der Waals surface area contributed by atoms with Crippen molar-refractivity contribution in [3.8, 4) is 11.3 Å². The van der Waals surface area contributed by atoms with Crippen LogP contribution in [-0.4, -0.2) is 20.6 Å². The summed E-state index contributed by atoms with van der Waals surface area (Å²) < 4.78 is 1.22. The molecule has 0 aliphatic rings. The van der Waals surface area contributed by atoms with E-state index in [-0.39, 0.29) is 18.0 Å². The van der Waals surface area contributed by atoms with E-state index in [1.54, 1.807) is 23.1 Å². The lowest BCUT2D eigenvalue weighted by atomic mass is 10.1. The summed E-state index contributed by atoms with van der Waals surface area (Å²) in [6, 6.07) is 29.9. The molecule has 3 aromatic carbocycles. The van der Waals surface area contributed by atoms with Gasteiger partial charge in [-0.2, -0.15) is 5.10 Å². The number of carbonyl (C=O) groups is 1. The maximum Gasteiger partial charge on any atom is 0.267 e. The fourth-order valence-corrected chi connectivity index (χ4v) is 3.53. The van der Waals surface area contributed by atoms with Gasteiger partial charge in [-0.25, -0.2) is 4.68 Å². The van der Waals surface area contributed by atoms with Crippen molar-refractivity contribution in [1.82, 2.24) is 14.7 Å². The van der Waals surface area contributed by atoms with Crippen molar-refractivity contribution < 1.29 is 4.79 Å². The fraction of sp³-hybridized carbons (Fsp3) is 0.115. The fourth-order valence-electron chi connectivity index (χ4n) is 3.40. The molecule has 0 fully saturated rings. The molecular formula is C26H22ClN3O2. The first-order valence-corrected chi connectivity index (χ1v) is 10.7. The van der Waals surface area contributed by atoms with Crippen LogP contribution in [0.4, 0.5) is 0 Å². The molecule has 0 atom stereocenters. The summed E-state index contributed by atoms with van der Waals surface area (Å²) in [5.41, 5.74) is 3.14. The summed E-state index contributed by atoms with van der Waals surface area (Å²) in [5, 5.41) is 5.04. The molecule has 5 nitrogen and oxygen atoms in total. The molecule has 160 valence electrons. The quantitative estimate of drug-likeness (QED) is 0.412. The minimum atomic E-state index is -0.324. The molecule has 1 heterocycles. The average molecular weight is 444 g/mol. The van der Waals surface area contributed by atoms with Crippen molar-refractivity contribution in [2.45, 2.75) is 19.6 Å². The Morgan fingerprint density at radius 1 is 0.781 bits per heavy atom. The highest BCUT2D eigenvalue weighted by molar-refractivity contribution is 6.30. The van der Waals surface area contributed by atoms with Gasteiger partial charge in [0.05, 0.1) is 5.69 Å². The van der Waals surface area contributed by atoms with Crippen molar-refractivity contribution in [3.05, 3.63) is 124 Å². The molecule has 0 N–H and O–H groups in total. The minimum absolute atomic E-state index is 0.139. The van der Waals surface area contributed by atoms with E-state index < -0.39 is 0 Å². The summed E-state index contributed by atoms with van der Waals surface area (Å²) in [6.45, 7) is 0.750. The standard InChI is InChI=1S/C26H22ClN3O2/c27-23-13-11-22(12-14-23)24-15-16-25(31)30(28-24)19-26(32)29(17-20-7-3-1-4-8-20)18-21-9-5-2-6-10-21/h1-16H,17-19H2. The first-order chi connectivity index (χ1) is 15.6. The van der Waals surface area contributed by atoms with E-state index in [2.05, 4.69) is 5.10 Å². The van der Waals surface area contributed by atoms with E-state index in [0.29, 0.717) is 23.8 Å². The van der Waals surface area contributed by atoms with Gasteiger partial charge in [-0.1, -0.05) is 84.4 Å². The second-order valence-corrected chi connectivity index (χ2v) is 7.88. The Balaban J connectivity index is 1.59. The summed E-state index contributed by atoms with van der Waals surface area (Å²) in [5.74, 6) is -0.180. The first kappa shape index (κ1) is 21.5. The third kappa shape index (κ3) is 5.50. The van der Waals surface area contributed by atoms with Crippen LogP contribution in [0.25, 0.3) is 11.3 Å². The molecule has 0 bridgehead atoms. The molecule has 0 saturated heterocycles. The van der Waals surface area contributed by atoms with Crippen molar-refractivity contribution >= 4 is 17.5 Å². The lowest BCUT2D eigenvalue weighted by Crippen LogP contribution is -2.36. The Hall–Kier alpha value is -3.70. The molecule has 0 aliphatic carbocycles. The molecule has 0 radical (unpaired) electrons. The van der Waals surface area contributed by atoms with Gasteiger partial charge >= 0.3 is 0 Å². The van der Waals surface area contributed by atoms with Crippen LogP contribution in [0.15, 0.2) is 102 Å². The largest absolute Gasteiger partial charge is 0.332 e. The molecule has 0 unspecified atom stereocenters. The molecule has 0 aliphatic heterocycles. The van der Waals surface area contributed by atoms with Crippen LogP contribution in [0.5, 0.6) is 0 Å². The van der Waals surface area contributed by atoms with E-state index in [1.807, 2.05) is 72.8 Å². The second-order valence-electron chi connectivity index (χ2n) is 7.44. The molecule has 1 aromatic heterocycles. The predicted octanol–water partition coefficient (Wildman–Crippen LogP) is 4.79. The van der Waals surface area contributed by atoms with E-state index in [9.17, 15) is 9.59 Å². The second kappa shape index (κ2) is 10.1. The summed E-state index contributed by atoms with van der Waals surface area (Å²) in [6.07, 6.45) is 0. The molecule has 4 aromatic rings. The highest BCUT2D eigenvalue weighted by Crippen LogP contribution is 2.18. The van der Waals surface area contributed by atoms with Crippen LogP contribution < -0.4 is 5.56 Å². The third-order valence-corrected chi connectivity index (χ3v) is 5.33. The molecule has 4 rings (SSSR count). The molecule has 32 heavy (non-hydrogen) atoms. The van der Waals surface area contributed by atoms with E-state index in [4.69, 9.17) is 11.6 Å². The minimum Gasteiger partial charge on any atom is -0.332 e. The normalized spacial score (nSPS) is 10.7. The van der Waals surface area contributed by atoms with Crippen LogP contribution in [-0.2, 0) is 24.4 Å². The van der Waals surface area contributed by atoms with Crippen LogP contribution in [0.3, 0.4) is 0 Å². The topological polar surface area (TPSA) is 55.2 Å². The SMILES string of the molecule is O=C(Cn1nc(-c2ccc(Cl)cc2)ccc1=O)N(Cc1ccccc1)Cc1ccccc1. The Labute approximate surface area is 191 Å². The predicted molar refractivity (Wildman–Crippen MR) is 126 cm³/mol. The average Bonchev–Trinajstić information content (AvgIpc) is 2.82. The van der Waals surface area contributed by atoms with Gasteiger partial charge in [-0.3, -0.25) is 9.59 Å². The van der Waals surface area contributed by atoms with Crippen LogP contribution >= 0.6 is 11.6 Å². The van der Waals surface area contributed by atoms with Gasteiger partial charge in [0, 0.05) is 29.7 Å². The van der Waals surface area contributed by atoms with Gasteiger partial charge < -0.3 is 4.90 Å². The molecule has 0 saturated carbocycles. The van der Waals surface area contributed by atoms with E-state index in [1.165, 1.54) is 10.7 Å². The van der Waals surface area contributed by atoms with Crippen molar-refractivity contribution in [2.75, 3.05) is 0 Å². The monoisotopic (exact) mass is 443 g/mol. The Bertz CT molecular complexity index is 1200. The third-order valence-electron chi connectivity index (χ3n) is 5.08. The Morgan fingerprint density at radius 3 is 1.91 bits per heavy atom. The number of amides is 1. The zero-order valence-corrected chi connectivity index (χ0v) is 18.2. The highest BCUT2D eigenvalue weighted by Gasteiger charge is 2.17. The van der Waals surface area contributed by atoms with Gasteiger partial charge in [0.1, 0.15) is 6.54 Å². The highest BCUT2D eigenvalue weighted by atomic mass is 35.5. The summed E-state index contributed by atoms with van der Waals surface area (Å²) >= 11 is 5.97. The van der Waals surface area contributed by atoms with Gasteiger partial charge in [-0.05, 0) is 29.3 Å². The molecular weight excluding hydrogens is 422 g/mol. The zero-order chi connectivity index (χ0) is 22.3. The molecule has 6 heteroatoms. The zero-order valence-electron chi connectivity index (χ0n) is 17.4. The summed E-state index contributed by atoms with van der Waals surface area (Å²) in [4.78, 5) is 27.5. The molecule has 0 spiro atoms. The number of rotatable bonds is 7. The van der Waals surface area contributed by atoms with E-state index in [0.717, 1.165) is 16.7 Å². The van der Waals surface area contributed by atoms with E-state index >= 15 is 0 Å². The number of carbonyl (C=O) groups excluding carboxylic acids is 1. The maximum absolute atomic E-state index is 13.3. The summed E-state index contributed by atoms with van der Waals surface area (Å²) in [7, 11) is 0. The Kier molecular flexibility index (Phi) is 6.78. The maximum atomic E-state index is 13.3. The smallest absolute Gasteiger partial charge is 0.267 e. The lowest BCUT2D eigenvalue weighted by molar-refractivity contribution is -0.133. The van der Waals surface area contributed by atoms with Crippen LogP contribution in [0.1, 0.15) is 11.1 Å². The number of benzene rings is 3. The number of hydrogen-bond donors (Lipinski definition) is 0. The van der Waals surface area contributed by atoms with Gasteiger partial charge in [0.15, 0.2) is 0 Å². The van der Waals surface area contributed by atoms with Crippen molar-refractivity contribution in [2.24, 2.45) is 0 Å². The Morgan fingerprint density at radius 2 is 1.34 bits per heavy atom.